The minimum Gasteiger partial charge on any atom is -0.481 e. The van der Waals surface area contributed by atoms with Gasteiger partial charge in [0.2, 0.25) is 0 Å². The lowest BCUT2D eigenvalue weighted by molar-refractivity contribution is -0.255. The minimum absolute atomic E-state index is 0.0595. The average molecular weight is 601 g/mol. The average Bonchev–Trinajstić information content (AvgIpc) is 2.96. The van der Waals surface area contributed by atoms with Gasteiger partial charge in [0.05, 0.1) is 30.7 Å². The van der Waals surface area contributed by atoms with Crippen molar-refractivity contribution in [1.82, 2.24) is 5.32 Å². The summed E-state index contributed by atoms with van der Waals surface area (Å²) in [6.07, 6.45) is -5.18. The molecule has 0 spiro atoms. The molecule has 1 saturated carbocycles. The number of nitrogens with zero attached hydrogens (tertiary/aromatic N) is 9. The molecule has 9 atom stereocenters. The summed E-state index contributed by atoms with van der Waals surface area (Å²) in [5, 5.41) is 23.4. The Hall–Kier alpha value is -4.72. The maximum Gasteiger partial charge on any atom is 0.407 e. The van der Waals surface area contributed by atoms with Crippen LogP contribution in [0, 0.1) is 5.92 Å². The molecule has 1 aliphatic carbocycles. The van der Waals surface area contributed by atoms with Crippen molar-refractivity contribution in [3.8, 4) is 0 Å². The Morgan fingerprint density at radius 2 is 1.67 bits per heavy atom. The first-order valence-electron chi connectivity index (χ1n) is 13.5. The molecule has 1 aliphatic heterocycles. The molecule has 1 aromatic rings. The van der Waals surface area contributed by atoms with Gasteiger partial charge in [0.15, 0.2) is 6.29 Å². The lowest BCUT2D eigenvalue weighted by atomic mass is 9.76. The highest BCUT2D eigenvalue weighted by molar-refractivity contribution is 5.68. The number of alkyl carbamates (subject to hydrolysis) is 1. The van der Waals surface area contributed by atoms with E-state index in [4.69, 9.17) is 30.0 Å². The third kappa shape index (κ3) is 9.39. The summed E-state index contributed by atoms with van der Waals surface area (Å²) >= 11 is 0. The van der Waals surface area contributed by atoms with E-state index in [1.807, 2.05) is 30.3 Å². The number of aliphatic carboxylic acids is 1. The summed E-state index contributed by atoms with van der Waals surface area (Å²) in [6.45, 7) is 2.86. The number of carbonyl (C=O) groups excluding carboxylic acids is 2. The SMILES string of the molecule is CC(=O)O[C@H]1[C@@H](CC(=O)O)[C@H](N=[N+]=[N-])C[C@H](N=[N+]=[N-])[C@H]1O[C@H]1O[C@H]([C@@H](C)NC(=O)OCc2ccccc2)CC[C@@H]1N=[N+]=[N-]. The van der Waals surface area contributed by atoms with Gasteiger partial charge < -0.3 is 29.4 Å². The molecule has 230 valence electrons. The maximum absolute atomic E-state index is 12.4. The molecule has 1 saturated heterocycles. The van der Waals surface area contributed by atoms with Gasteiger partial charge in [-0.25, -0.2) is 4.79 Å². The molecule has 18 heteroatoms. The van der Waals surface area contributed by atoms with Gasteiger partial charge in [-0.2, -0.15) is 0 Å². The van der Waals surface area contributed by atoms with Gasteiger partial charge in [0.25, 0.3) is 0 Å². The van der Waals surface area contributed by atoms with E-state index < -0.39 is 79.1 Å². The van der Waals surface area contributed by atoms with Gasteiger partial charge in [0, 0.05) is 33.6 Å². The molecule has 18 nitrogen and oxygen atoms in total. The molecule has 43 heavy (non-hydrogen) atoms. The van der Waals surface area contributed by atoms with Crippen molar-refractivity contribution in [2.45, 2.75) is 94.9 Å². The number of azide groups is 3. The smallest absolute Gasteiger partial charge is 0.407 e. The highest BCUT2D eigenvalue weighted by Crippen LogP contribution is 2.38. The zero-order valence-corrected chi connectivity index (χ0v) is 23.4. The van der Waals surface area contributed by atoms with Crippen LogP contribution in [0.15, 0.2) is 45.7 Å². The Balaban J connectivity index is 1.82. The van der Waals surface area contributed by atoms with Crippen LogP contribution >= 0.6 is 0 Å². The number of hydrogen-bond donors (Lipinski definition) is 2. The molecular formula is C25H32N10O8. The summed E-state index contributed by atoms with van der Waals surface area (Å²) in [6, 6.07) is 5.58. The number of rotatable bonds is 12. The highest BCUT2D eigenvalue weighted by Gasteiger charge is 2.50. The number of nitrogens with one attached hydrogen (secondary N) is 1. The van der Waals surface area contributed by atoms with Crippen LogP contribution in [0.3, 0.4) is 0 Å². The fourth-order valence-electron chi connectivity index (χ4n) is 5.25. The molecule has 0 radical (unpaired) electrons. The molecular weight excluding hydrogens is 568 g/mol. The van der Waals surface area contributed by atoms with Gasteiger partial charge in [-0.15, -0.1) is 0 Å². The van der Waals surface area contributed by atoms with E-state index in [9.17, 15) is 25.0 Å². The van der Waals surface area contributed by atoms with E-state index in [2.05, 4.69) is 35.4 Å². The van der Waals surface area contributed by atoms with E-state index in [0.29, 0.717) is 6.42 Å². The van der Waals surface area contributed by atoms with Crippen LogP contribution in [0.25, 0.3) is 31.3 Å². The molecule has 1 amide bonds. The highest BCUT2D eigenvalue weighted by atomic mass is 16.7. The summed E-state index contributed by atoms with van der Waals surface area (Å²) in [7, 11) is 0. The van der Waals surface area contributed by atoms with Crippen molar-refractivity contribution in [3.63, 3.8) is 0 Å². The van der Waals surface area contributed by atoms with Gasteiger partial charge in [-0.1, -0.05) is 45.7 Å². The van der Waals surface area contributed by atoms with E-state index in [0.717, 1.165) is 12.5 Å². The molecule has 2 N–H and O–H groups in total. The minimum atomic E-state index is -1.33. The van der Waals surface area contributed by atoms with Crippen molar-refractivity contribution < 1.29 is 38.4 Å². The van der Waals surface area contributed by atoms with Crippen LogP contribution in [-0.4, -0.2) is 71.9 Å². The van der Waals surface area contributed by atoms with Crippen molar-refractivity contribution in [2.75, 3.05) is 0 Å². The second kappa shape index (κ2) is 16.1. The van der Waals surface area contributed by atoms with Crippen LogP contribution in [0.1, 0.15) is 45.1 Å². The van der Waals surface area contributed by atoms with Gasteiger partial charge in [0.1, 0.15) is 18.8 Å². The van der Waals surface area contributed by atoms with Crippen LogP contribution in [-0.2, 0) is 35.1 Å². The maximum atomic E-state index is 12.4. The van der Waals surface area contributed by atoms with Crippen LogP contribution in [0.5, 0.6) is 0 Å². The molecule has 0 aromatic heterocycles. The monoisotopic (exact) mass is 600 g/mol. The Labute approximate surface area is 245 Å². The van der Waals surface area contributed by atoms with E-state index >= 15 is 0 Å². The summed E-state index contributed by atoms with van der Waals surface area (Å²) in [4.78, 5) is 44.7. The van der Waals surface area contributed by atoms with Crippen molar-refractivity contribution >= 4 is 18.0 Å². The first-order chi connectivity index (χ1) is 20.7. The number of carboxylic acid groups (broad SMARTS) is 1. The van der Waals surface area contributed by atoms with Crippen LogP contribution in [0.4, 0.5) is 4.79 Å². The Morgan fingerprint density at radius 1 is 1.02 bits per heavy atom. The quantitative estimate of drug-likeness (QED) is 0.147. The second-order valence-corrected chi connectivity index (χ2v) is 10.1. The number of esters is 1. The Morgan fingerprint density at radius 3 is 2.30 bits per heavy atom. The lowest BCUT2D eigenvalue weighted by Gasteiger charge is -2.46. The van der Waals surface area contributed by atoms with E-state index in [-0.39, 0.29) is 19.4 Å². The molecule has 3 rings (SSSR count). The predicted molar refractivity (Wildman–Crippen MR) is 147 cm³/mol. The zero-order valence-electron chi connectivity index (χ0n) is 23.4. The number of carbonyl (C=O) groups is 3. The van der Waals surface area contributed by atoms with Gasteiger partial charge >= 0.3 is 18.0 Å². The first-order valence-corrected chi connectivity index (χ1v) is 13.5. The second-order valence-electron chi connectivity index (χ2n) is 10.1. The third-order valence-electron chi connectivity index (χ3n) is 7.19. The number of ether oxygens (including phenoxy) is 4. The fraction of sp³-hybridized carbons (Fsp3) is 0.640. The van der Waals surface area contributed by atoms with Crippen molar-refractivity contribution in [3.05, 3.63) is 67.2 Å². The Kier molecular flexibility index (Phi) is 12.2. The normalized spacial score (nSPS) is 28.9. The predicted octanol–water partition coefficient (Wildman–Crippen LogP) is 4.65. The van der Waals surface area contributed by atoms with Gasteiger partial charge in [-0.3, -0.25) is 9.59 Å². The van der Waals surface area contributed by atoms with Crippen LogP contribution in [0.2, 0.25) is 0 Å². The summed E-state index contributed by atoms with van der Waals surface area (Å²) in [5.41, 5.74) is 28.3. The van der Waals surface area contributed by atoms with Gasteiger partial charge in [-0.05, 0) is 48.3 Å². The molecule has 1 aromatic carbocycles. The molecule has 0 bridgehead atoms. The molecule has 2 fully saturated rings. The van der Waals surface area contributed by atoms with Crippen molar-refractivity contribution in [2.24, 2.45) is 21.3 Å². The molecule has 2 aliphatic rings. The summed E-state index contributed by atoms with van der Waals surface area (Å²) < 4.78 is 23.1. The van der Waals surface area contributed by atoms with E-state index in [1.54, 1.807) is 6.92 Å². The third-order valence-corrected chi connectivity index (χ3v) is 7.19. The molecule has 1 heterocycles. The first kappa shape index (κ1) is 32.8. The fourth-order valence-corrected chi connectivity index (χ4v) is 5.25. The molecule has 0 unspecified atom stereocenters. The number of benzene rings is 1. The number of hydrogen-bond acceptors (Lipinski definition) is 10. The van der Waals surface area contributed by atoms with Crippen molar-refractivity contribution in [1.29, 1.82) is 0 Å². The topological polar surface area (TPSA) is 267 Å². The lowest BCUT2D eigenvalue weighted by Crippen LogP contribution is -2.58. The number of carboxylic acids is 1. The summed E-state index contributed by atoms with van der Waals surface area (Å²) in [5.74, 6) is -3.07. The standard InChI is InChI=1S/C25H32N10O8/c1-13(29-25(39)40-12-15-6-4-3-5-7-15)20-9-8-17(30-33-26)24(42-20)43-23-19(32-35-28)11-18(31-34-27)16(10-21(37)38)22(23)41-14(2)36/h3-7,13,16-20,22-24H,8-12H2,1-2H3,(H,29,39)(H,37,38)/t13-,16+,17+,18-,19+,20+,22+,23-,24-/m1/s1. The number of amides is 1. The zero-order chi connectivity index (χ0) is 31.4. The largest absolute Gasteiger partial charge is 0.481 e. The Bertz CT molecular complexity index is 1280. The van der Waals surface area contributed by atoms with Crippen LogP contribution < -0.4 is 5.32 Å². The van der Waals surface area contributed by atoms with E-state index in [1.165, 1.54) is 0 Å².